The van der Waals surface area contributed by atoms with Gasteiger partial charge in [-0.2, -0.15) is 0 Å². The molecule has 1 heterocycles. The molecule has 0 saturated heterocycles. The lowest BCUT2D eigenvalue weighted by Gasteiger charge is -2.38. The van der Waals surface area contributed by atoms with E-state index in [0.29, 0.717) is 4.77 Å². The summed E-state index contributed by atoms with van der Waals surface area (Å²) in [5.74, 6) is 0. The highest BCUT2D eigenvalue weighted by Gasteiger charge is 2.34. The van der Waals surface area contributed by atoms with Crippen LogP contribution in [0.25, 0.3) is 0 Å². The summed E-state index contributed by atoms with van der Waals surface area (Å²) in [5.41, 5.74) is 0.0473. The van der Waals surface area contributed by atoms with Crippen LogP contribution in [0.3, 0.4) is 0 Å². The van der Waals surface area contributed by atoms with Gasteiger partial charge in [-0.3, -0.25) is 9.67 Å². The molecule has 0 radical (unpaired) electrons. The molecular formula is C10H17N3OS. The largest absolute Gasteiger partial charge is 0.342 e. The zero-order valence-corrected chi connectivity index (χ0v) is 9.99. The third kappa shape index (κ3) is 1.80. The molecular weight excluding hydrogens is 210 g/mol. The lowest BCUT2D eigenvalue weighted by atomic mass is 9.73. The summed E-state index contributed by atoms with van der Waals surface area (Å²) in [4.78, 5) is 11.6. The van der Waals surface area contributed by atoms with Crippen LogP contribution in [0.15, 0.2) is 4.79 Å². The van der Waals surface area contributed by atoms with E-state index < -0.39 is 0 Å². The molecule has 4 nitrogen and oxygen atoms in total. The van der Waals surface area contributed by atoms with Crippen molar-refractivity contribution in [2.24, 2.45) is 5.41 Å². The summed E-state index contributed by atoms with van der Waals surface area (Å²) in [5, 5.41) is 5.26. The minimum atomic E-state index is -0.111. The second-order valence-corrected chi connectivity index (χ2v) is 5.37. The molecule has 1 aromatic rings. The Balaban J connectivity index is 2.46. The fraction of sp³-hybridized carbons (Fsp3) is 0.800. The smallest absolute Gasteiger partial charge is 0.272 e. The maximum absolute atomic E-state index is 11.6. The van der Waals surface area contributed by atoms with Crippen molar-refractivity contribution in [3.8, 4) is 0 Å². The molecule has 0 spiro atoms. The maximum atomic E-state index is 11.6. The molecule has 0 aromatic carbocycles. The van der Waals surface area contributed by atoms with Crippen LogP contribution in [-0.2, 0) is 0 Å². The van der Waals surface area contributed by atoms with Gasteiger partial charge in [0, 0.05) is 6.04 Å². The summed E-state index contributed by atoms with van der Waals surface area (Å²) in [7, 11) is 0. The lowest BCUT2D eigenvalue weighted by molar-refractivity contribution is 0.140. The molecule has 1 aromatic heterocycles. The molecule has 1 atom stereocenters. The number of rotatable bonds is 1. The van der Waals surface area contributed by atoms with Crippen LogP contribution in [0.2, 0.25) is 0 Å². The average molecular weight is 227 g/mol. The molecule has 1 aliphatic carbocycles. The van der Waals surface area contributed by atoms with Crippen molar-refractivity contribution in [1.29, 1.82) is 0 Å². The zero-order chi connectivity index (χ0) is 11.1. The first-order chi connectivity index (χ1) is 7.02. The van der Waals surface area contributed by atoms with Gasteiger partial charge in [0.15, 0.2) is 4.77 Å². The predicted molar refractivity (Wildman–Crippen MR) is 61.5 cm³/mol. The van der Waals surface area contributed by atoms with Crippen molar-refractivity contribution in [2.45, 2.75) is 45.6 Å². The van der Waals surface area contributed by atoms with E-state index in [-0.39, 0.29) is 17.1 Å². The number of hydrogen-bond donors (Lipinski definition) is 2. The number of hydrogen-bond acceptors (Lipinski definition) is 2. The van der Waals surface area contributed by atoms with E-state index >= 15 is 0 Å². The first kappa shape index (κ1) is 10.7. The molecule has 1 saturated carbocycles. The molecule has 15 heavy (non-hydrogen) atoms. The Morgan fingerprint density at radius 3 is 2.67 bits per heavy atom. The van der Waals surface area contributed by atoms with Crippen molar-refractivity contribution >= 4 is 12.2 Å². The Kier molecular flexibility index (Phi) is 2.58. The van der Waals surface area contributed by atoms with E-state index in [1.807, 2.05) is 0 Å². The molecule has 1 fully saturated rings. The predicted octanol–water partition coefficient (Wildman–Crippen LogP) is 2.38. The third-order valence-corrected chi connectivity index (χ3v) is 3.78. The average Bonchev–Trinajstić information content (AvgIpc) is 2.47. The van der Waals surface area contributed by atoms with Crippen molar-refractivity contribution < 1.29 is 0 Å². The van der Waals surface area contributed by atoms with Crippen molar-refractivity contribution in [3.05, 3.63) is 15.3 Å². The van der Waals surface area contributed by atoms with E-state index in [1.54, 1.807) is 4.57 Å². The number of aromatic nitrogens is 3. The number of nitrogens with one attached hydrogen (secondary N) is 2. The monoisotopic (exact) mass is 227 g/mol. The van der Waals surface area contributed by atoms with Crippen molar-refractivity contribution in [2.75, 3.05) is 0 Å². The molecule has 1 aliphatic rings. The SMILES string of the molecule is CC1(C)CCCCC1n1c(=O)[nH][nH]c1=S. The van der Waals surface area contributed by atoms with Crippen LogP contribution in [0.4, 0.5) is 0 Å². The Bertz CT molecular complexity index is 426. The third-order valence-electron chi connectivity index (χ3n) is 3.48. The number of H-pyrrole nitrogens is 2. The van der Waals surface area contributed by atoms with Crippen LogP contribution in [0.1, 0.15) is 45.6 Å². The first-order valence-electron chi connectivity index (χ1n) is 5.41. The fourth-order valence-electron chi connectivity index (χ4n) is 2.56. The summed E-state index contributed by atoms with van der Waals surface area (Å²) in [6.45, 7) is 4.43. The summed E-state index contributed by atoms with van der Waals surface area (Å²) >= 11 is 5.13. The minimum Gasteiger partial charge on any atom is -0.272 e. The van der Waals surface area contributed by atoms with Gasteiger partial charge in [-0.25, -0.2) is 9.89 Å². The van der Waals surface area contributed by atoms with Crippen LogP contribution in [0.5, 0.6) is 0 Å². The van der Waals surface area contributed by atoms with E-state index in [2.05, 4.69) is 24.0 Å². The molecule has 84 valence electrons. The van der Waals surface area contributed by atoms with E-state index in [1.165, 1.54) is 12.8 Å². The van der Waals surface area contributed by atoms with Crippen molar-refractivity contribution in [3.63, 3.8) is 0 Å². The highest BCUT2D eigenvalue weighted by atomic mass is 32.1. The van der Waals surface area contributed by atoms with E-state index in [0.717, 1.165) is 12.8 Å². The minimum absolute atomic E-state index is 0.111. The highest BCUT2D eigenvalue weighted by molar-refractivity contribution is 7.71. The second kappa shape index (κ2) is 3.63. The molecule has 0 amide bonds. The molecule has 5 heteroatoms. The topological polar surface area (TPSA) is 53.6 Å². The van der Waals surface area contributed by atoms with Crippen LogP contribution >= 0.6 is 12.2 Å². The fourth-order valence-corrected chi connectivity index (χ4v) is 2.82. The molecule has 2 rings (SSSR count). The Labute approximate surface area is 93.7 Å². The number of nitrogens with zero attached hydrogens (tertiary/aromatic N) is 1. The zero-order valence-electron chi connectivity index (χ0n) is 9.17. The van der Waals surface area contributed by atoms with Crippen LogP contribution in [0, 0.1) is 10.2 Å². The summed E-state index contributed by atoms with van der Waals surface area (Å²) in [6.07, 6.45) is 4.63. The number of aromatic amines is 2. The van der Waals surface area contributed by atoms with E-state index in [4.69, 9.17) is 12.2 Å². The van der Waals surface area contributed by atoms with Crippen LogP contribution in [-0.4, -0.2) is 14.8 Å². The highest BCUT2D eigenvalue weighted by Crippen LogP contribution is 2.42. The van der Waals surface area contributed by atoms with Gasteiger partial charge >= 0.3 is 5.69 Å². The van der Waals surface area contributed by atoms with Gasteiger partial charge in [0.25, 0.3) is 0 Å². The van der Waals surface area contributed by atoms with Gasteiger partial charge in [0.1, 0.15) is 0 Å². The molecule has 2 N–H and O–H groups in total. The van der Waals surface area contributed by atoms with Gasteiger partial charge < -0.3 is 0 Å². The van der Waals surface area contributed by atoms with Gasteiger partial charge in [0.2, 0.25) is 0 Å². The standard InChI is InChI=1S/C10H17N3OS/c1-10(2)6-4-3-5-7(10)13-8(14)11-12-9(13)15/h7H,3-6H2,1-2H3,(H,11,14)(H,12,15). The lowest BCUT2D eigenvalue weighted by Crippen LogP contribution is -2.35. The summed E-state index contributed by atoms with van der Waals surface area (Å²) < 4.78 is 2.22. The molecule has 0 bridgehead atoms. The van der Waals surface area contributed by atoms with Crippen molar-refractivity contribution in [1.82, 2.24) is 14.8 Å². The van der Waals surface area contributed by atoms with Gasteiger partial charge in [0.05, 0.1) is 0 Å². The Morgan fingerprint density at radius 1 is 1.40 bits per heavy atom. The van der Waals surface area contributed by atoms with Crippen LogP contribution < -0.4 is 5.69 Å². The Hall–Kier alpha value is -0.840. The maximum Gasteiger partial charge on any atom is 0.342 e. The van der Waals surface area contributed by atoms with Gasteiger partial charge in [-0.1, -0.05) is 26.7 Å². The summed E-state index contributed by atoms with van der Waals surface area (Å²) in [6, 6.07) is 0.230. The second-order valence-electron chi connectivity index (χ2n) is 4.98. The van der Waals surface area contributed by atoms with Gasteiger partial charge in [-0.15, -0.1) is 0 Å². The normalized spacial score (nSPS) is 25.3. The quantitative estimate of drug-likeness (QED) is 0.724. The van der Waals surface area contributed by atoms with Gasteiger partial charge in [-0.05, 0) is 30.5 Å². The molecule has 1 unspecified atom stereocenters. The first-order valence-corrected chi connectivity index (χ1v) is 5.82. The molecule has 0 aliphatic heterocycles. The Morgan fingerprint density at radius 2 is 2.13 bits per heavy atom. The van der Waals surface area contributed by atoms with E-state index in [9.17, 15) is 4.79 Å².